The van der Waals surface area contributed by atoms with E-state index in [-0.39, 0.29) is 5.75 Å². The SMILES string of the molecule is COc1cccc(CCCS(=O)[O-])c1. The van der Waals surface area contributed by atoms with Gasteiger partial charge in [-0.05, 0) is 30.5 Å². The summed E-state index contributed by atoms with van der Waals surface area (Å²) in [7, 11) is 1.62. The maximum absolute atomic E-state index is 10.3. The van der Waals surface area contributed by atoms with E-state index in [2.05, 4.69) is 0 Å². The van der Waals surface area contributed by atoms with Crippen LogP contribution in [0.2, 0.25) is 0 Å². The van der Waals surface area contributed by atoms with Crippen molar-refractivity contribution in [3.63, 3.8) is 0 Å². The van der Waals surface area contributed by atoms with Gasteiger partial charge in [0.05, 0.1) is 7.11 Å². The molecule has 0 bridgehead atoms. The van der Waals surface area contributed by atoms with E-state index in [9.17, 15) is 8.76 Å². The normalized spacial score (nSPS) is 12.4. The molecule has 0 radical (unpaired) electrons. The van der Waals surface area contributed by atoms with Gasteiger partial charge in [0.15, 0.2) is 0 Å². The van der Waals surface area contributed by atoms with Gasteiger partial charge in [0.25, 0.3) is 0 Å². The first-order valence-corrected chi connectivity index (χ1v) is 5.65. The summed E-state index contributed by atoms with van der Waals surface area (Å²) in [6, 6.07) is 7.67. The number of hydrogen-bond acceptors (Lipinski definition) is 3. The summed E-state index contributed by atoms with van der Waals surface area (Å²) >= 11 is -1.93. The van der Waals surface area contributed by atoms with E-state index in [1.807, 2.05) is 24.3 Å². The van der Waals surface area contributed by atoms with Crippen molar-refractivity contribution in [2.45, 2.75) is 12.8 Å². The molecule has 0 spiro atoms. The van der Waals surface area contributed by atoms with E-state index in [4.69, 9.17) is 4.74 Å². The average molecular weight is 213 g/mol. The zero-order valence-electron chi connectivity index (χ0n) is 8.06. The van der Waals surface area contributed by atoms with Crippen LogP contribution in [0, 0.1) is 0 Å². The fourth-order valence-electron chi connectivity index (χ4n) is 1.22. The minimum absolute atomic E-state index is 0.219. The van der Waals surface area contributed by atoms with Gasteiger partial charge in [-0.3, -0.25) is 4.21 Å². The third-order valence-corrected chi connectivity index (χ3v) is 2.53. The maximum Gasteiger partial charge on any atom is 0.119 e. The van der Waals surface area contributed by atoms with E-state index in [1.54, 1.807) is 7.11 Å². The van der Waals surface area contributed by atoms with Crippen LogP contribution in [0.15, 0.2) is 24.3 Å². The van der Waals surface area contributed by atoms with Gasteiger partial charge in [-0.25, -0.2) is 0 Å². The van der Waals surface area contributed by atoms with Gasteiger partial charge in [0, 0.05) is 5.75 Å². The fourth-order valence-corrected chi connectivity index (χ4v) is 1.60. The summed E-state index contributed by atoms with van der Waals surface area (Å²) in [5.41, 5.74) is 1.11. The molecule has 78 valence electrons. The van der Waals surface area contributed by atoms with Gasteiger partial charge in [-0.2, -0.15) is 0 Å². The number of hydrogen-bond donors (Lipinski definition) is 0. The minimum atomic E-state index is -1.93. The summed E-state index contributed by atoms with van der Waals surface area (Å²) in [5, 5.41) is 0. The molecule has 0 saturated heterocycles. The lowest BCUT2D eigenvalue weighted by Crippen LogP contribution is -1.97. The Hall–Kier alpha value is -0.870. The van der Waals surface area contributed by atoms with Crippen LogP contribution in [-0.2, 0) is 17.5 Å². The predicted molar refractivity (Wildman–Crippen MR) is 55.1 cm³/mol. The first-order valence-electron chi connectivity index (χ1n) is 4.41. The summed E-state index contributed by atoms with van der Waals surface area (Å²) in [4.78, 5) is 0. The van der Waals surface area contributed by atoms with Crippen LogP contribution in [0.1, 0.15) is 12.0 Å². The lowest BCUT2D eigenvalue weighted by molar-refractivity contribution is 0.414. The molecule has 1 aromatic rings. The molecule has 3 nitrogen and oxygen atoms in total. The highest BCUT2D eigenvalue weighted by atomic mass is 32.2. The second-order valence-electron chi connectivity index (χ2n) is 2.96. The highest BCUT2D eigenvalue weighted by molar-refractivity contribution is 7.79. The van der Waals surface area contributed by atoms with Gasteiger partial charge < -0.3 is 9.29 Å². The van der Waals surface area contributed by atoms with Crippen molar-refractivity contribution >= 4 is 11.1 Å². The lowest BCUT2D eigenvalue weighted by atomic mass is 10.1. The maximum atomic E-state index is 10.3. The average Bonchev–Trinajstić information content (AvgIpc) is 2.18. The second kappa shape index (κ2) is 5.78. The summed E-state index contributed by atoms with van der Waals surface area (Å²) in [6.45, 7) is 0. The van der Waals surface area contributed by atoms with Crippen molar-refractivity contribution in [3.05, 3.63) is 29.8 Å². The first kappa shape index (κ1) is 11.2. The zero-order valence-corrected chi connectivity index (χ0v) is 8.88. The van der Waals surface area contributed by atoms with Crippen LogP contribution in [0.25, 0.3) is 0 Å². The molecule has 0 saturated carbocycles. The Morgan fingerprint density at radius 3 is 2.93 bits per heavy atom. The number of benzene rings is 1. The van der Waals surface area contributed by atoms with E-state index >= 15 is 0 Å². The van der Waals surface area contributed by atoms with Crippen molar-refractivity contribution in [1.82, 2.24) is 0 Å². The Balaban J connectivity index is 2.46. The Labute approximate surface area is 86.4 Å². The Morgan fingerprint density at radius 2 is 2.29 bits per heavy atom. The van der Waals surface area contributed by atoms with Gasteiger partial charge in [0.2, 0.25) is 0 Å². The van der Waals surface area contributed by atoms with Crippen molar-refractivity contribution < 1.29 is 13.5 Å². The minimum Gasteiger partial charge on any atom is -0.772 e. The van der Waals surface area contributed by atoms with Gasteiger partial charge in [0.1, 0.15) is 5.75 Å². The highest BCUT2D eigenvalue weighted by Gasteiger charge is 1.95. The molecule has 4 heteroatoms. The third-order valence-electron chi connectivity index (χ3n) is 1.91. The number of methoxy groups -OCH3 is 1. The monoisotopic (exact) mass is 213 g/mol. The Kier molecular flexibility index (Phi) is 4.62. The molecule has 0 N–H and O–H groups in total. The van der Waals surface area contributed by atoms with Crippen molar-refractivity contribution in [2.75, 3.05) is 12.9 Å². The van der Waals surface area contributed by atoms with E-state index in [1.165, 1.54) is 0 Å². The molecular weight excluding hydrogens is 200 g/mol. The molecule has 0 aliphatic carbocycles. The van der Waals surface area contributed by atoms with Crippen LogP contribution in [0.5, 0.6) is 5.75 Å². The molecule has 14 heavy (non-hydrogen) atoms. The lowest BCUT2D eigenvalue weighted by Gasteiger charge is -2.06. The molecule has 0 amide bonds. The third kappa shape index (κ3) is 3.89. The highest BCUT2D eigenvalue weighted by Crippen LogP contribution is 2.13. The molecule has 0 heterocycles. The zero-order chi connectivity index (χ0) is 10.4. The van der Waals surface area contributed by atoms with Crippen LogP contribution < -0.4 is 4.74 Å². The Morgan fingerprint density at radius 1 is 1.50 bits per heavy atom. The summed E-state index contributed by atoms with van der Waals surface area (Å²) in [6.07, 6.45) is 1.43. The van der Waals surface area contributed by atoms with Crippen LogP contribution in [0.3, 0.4) is 0 Å². The van der Waals surface area contributed by atoms with Gasteiger partial charge in [-0.1, -0.05) is 23.2 Å². The topological polar surface area (TPSA) is 49.4 Å². The fraction of sp³-hybridized carbons (Fsp3) is 0.400. The smallest absolute Gasteiger partial charge is 0.119 e. The molecule has 1 rings (SSSR count). The molecule has 0 aromatic heterocycles. The standard InChI is InChI=1S/C10H14O3S/c1-13-10-6-2-4-9(8-10)5-3-7-14(11)12/h2,4,6,8H,3,5,7H2,1H3,(H,11,12)/p-1. The van der Waals surface area contributed by atoms with E-state index in [0.29, 0.717) is 6.42 Å². The second-order valence-corrected chi connectivity index (χ2v) is 3.98. The van der Waals surface area contributed by atoms with Gasteiger partial charge in [-0.15, -0.1) is 0 Å². The van der Waals surface area contributed by atoms with Crippen molar-refractivity contribution in [2.24, 2.45) is 0 Å². The van der Waals surface area contributed by atoms with Gasteiger partial charge >= 0.3 is 0 Å². The predicted octanol–water partition coefficient (Wildman–Crippen LogP) is 1.51. The molecule has 0 aliphatic heterocycles. The molecule has 0 fully saturated rings. The largest absolute Gasteiger partial charge is 0.772 e. The van der Waals surface area contributed by atoms with Crippen LogP contribution >= 0.6 is 0 Å². The number of aryl methyl sites for hydroxylation is 1. The molecule has 1 aromatic carbocycles. The van der Waals surface area contributed by atoms with Crippen molar-refractivity contribution in [3.8, 4) is 5.75 Å². The molecule has 1 unspecified atom stereocenters. The first-order chi connectivity index (χ1) is 6.72. The molecular formula is C10H13O3S-. The summed E-state index contributed by atoms with van der Waals surface area (Å²) < 4.78 is 25.6. The summed E-state index contributed by atoms with van der Waals surface area (Å²) in [5.74, 6) is 1.03. The quantitative estimate of drug-likeness (QED) is 0.696. The number of ether oxygens (including phenoxy) is 1. The van der Waals surface area contributed by atoms with Crippen molar-refractivity contribution in [1.29, 1.82) is 0 Å². The van der Waals surface area contributed by atoms with E-state index in [0.717, 1.165) is 17.7 Å². The molecule has 0 aliphatic rings. The number of rotatable bonds is 5. The Bertz CT molecular complexity index is 312. The molecule has 1 atom stereocenters. The van der Waals surface area contributed by atoms with E-state index < -0.39 is 11.1 Å². The van der Waals surface area contributed by atoms with Crippen LogP contribution in [-0.4, -0.2) is 21.6 Å². The van der Waals surface area contributed by atoms with Crippen LogP contribution in [0.4, 0.5) is 0 Å².